The minimum absolute atomic E-state index is 0.0354. The van der Waals surface area contributed by atoms with Crippen molar-refractivity contribution in [3.8, 4) is 0 Å². The Morgan fingerprint density at radius 3 is 2.12 bits per heavy atom. The van der Waals surface area contributed by atoms with E-state index in [2.05, 4.69) is 84.1 Å². The highest BCUT2D eigenvalue weighted by molar-refractivity contribution is 7.09. The van der Waals surface area contributed by atoms with Gasteiger partial charge in [-0.1, -0.05) is 81.0 Å². The molecule has 2 nitrogen and oxygen atoms in total. The highest BCUT2D eigenvalue weighted by atomic mass is 31.0. The lowest BCUT2D eigenvalue weighted by atomic mass is 10.1. The molecule has 0 radical (unpaired) electrons. The van der Waals surface area contributed by atoms with Gasteiger partial charge in [0.15, 0.2) is 0 Å². The summed E-state index contributed by atoms with van der Waals surface area (Å²) in [6.45, 7) is 4.35. The van der Waals surface area contributed by atoms with E-state index < -0.39 is 0 Å². The molecule has 1 rings (SSSR count). The number of unbranched alkanes of at least 4 members (excludes halogenated alkanes) is 1. The molecule has 1 heterocycles. The van der Waals surface area contributed by atoms with Crippen LogP contribution in [0.3, 0.4) is 0 Å². The van der Waals surface area contributed by atoms with Crippen molar-refractivity contribution in [1.82, 2.24) is 0 Å². The Kier molecular flexibility index (Phi) is 13.5. The number of epoxide rings is 1. The Hall–Kier alpha value is -0.950. The summed E-state index contributed by atoms with van der Waals surface area (Å²) in [5.41, 5.74) is 0. The topological polar surface area (TPSA) is 21.8 Å². The molecule has 1 fully saturated rings. The zero-order valence-corrected chi connectivity index (χ0v) is 17.0. The zero-order valence-electron chi connectivity index (χ0n) is 15.8. The van der Waals surface area contributed by atoms with E-state index >= 15 is 0 Å². The molecule has 0 aromatic carbocycles. The summed E-state index contributed by atoms with van der Waals surface area (Å²) in [5, 5.41) is 0. The van der Waals surface area contributed by atoms with E-state index in [9.17, 15) is 0 Å². The van der Waals surface area contributed by atoms with E-state index in [0.717, 1.165) is 32.1 Å². The maximum absolute atomic E-state index is 5.70. The molecule has 25 heavy (non-hydrogen) atoms. The highest BCUT2D eigenvalue weighted by Crippen LogP contribution is 2.32. The molecule has 1 saturated heterocycles. The molecular formula is C22H35O2P. The first-order valence-electron chi connectivity index (χ1n) is 9.61. The van der Waals surface area contributed by atoms with Gasteiger partial charge >= 0.3 is 0 Å². The third-order valence-electron chi connectivity index (χ3n) is 3.97. The molecular weight excluding hydrogens is 327 g/mol. The summed E-state index contributed by atoms with van der Waals surface area (Å²) < 4.78 is 11.2. The van der Waals surface area contributed by atoms with Crippen LogP contribution in [0.15, 0.2) is 60.8 Å². The van der Waals surface area contributed by atoms with Crippen molar-refractivity contribution in [2.45, 2.75) is 77.1 Å². The van der Waals surface area contributed by atoms with Crippen molar-refractivity contribution in [3.63, 3.8) is 0 Å². The van der Waals surface area contributed by atoms with Gasteiger partial charge in [0, 0.05) is 9.47 Å². The van der Waals surface area contributed by atoms with Gasteiger partial charge in [-0.2, -0.15) is 0 Å². The van der Waals surface area contributed by atoms with E-state index in [1.165, 1.54) is 12.8 Å². The number of allylic oxidation sites excluding steroid dienone is 8. The summed E-state index contributed by atoms with van der Waals surface area (Å²) in [4.78, 5) is 0. The maximum Gasteiger partial charge on any atom is 0.114 e. The van der Waals surface area contributed by atoms with E-state index in [1.54, 1.807) is 0 Å². The van der Waals surface area contributed by atoms with Crippen LogP contribution in [-0.2, 0) is 9.26 Å². The molecule has 0 aromatic rings. The van der Waals surface area contributed by atoms with Crippen molar-refractivity contribution < 1.29 is 9.26 Å². The summed E-state index contributed by atoms with van der Waals surface area (Å²) >= 11 is 0. The molecule has 0 N–H and O–H groups in total. The SMILES string of the molecule is CCC=CCC1OC1C(C=CCC=CCC=CCC=CCCC)OP. The zero-order chi connectivity index (χ0) is 18.2. The van der Waals surface area contributed by atoms with Crippen LogP contribution < -0.4 is 0 Å². The van der Waals surface area contributed by atoms with Crippen LogP contribution in [-0.4, -0.2) is 18.3 Å². The van der Waals surface area contributed by atoms with Crippen LogP contribution in [0.25, 0.3) is 0 Å². The summed E-state index contributed by atoms with van der Waals surface area (Å²) in [5.74, 6) is 0. The Morgan fingerprint density at radius 2 is 1.52 bits per heavy atom. The number of ether oxygens (including phenoxy) is 1. The number of hydrogen-bond acceptors (Lipinski definition) is 2. The molecule has 0 amide bonds. The Labute approximate surface area is 157 Å². The normalized spacial score (nSPS) is 22.4. The average Bonchev–Trinajstić information content (AvgIpc) is 3.39. The van der Waals surface area contributed by atoms with Crippen LogP contribution in [0, 0.1) is 0 Å². The molecule has 1 aliphatic heterocycles. The maximum atomic E-state index is 5.70. The molecule has 4 unspecified atom stereocenters. The smallest absolute Gasteiger partial charge is 0.114 e. The summed E-state index contributed by atoms with van der Waals surface area (Å²) in [6.07, 6.45) is 30.0. The molecule has 4 atom stereocenters. The third kappa shape index (κ3) is 11.3. The number of hydrogen-bond donors (Lipinski definition) is 0. The number of rotatable bonds is 14. The monoisotopic (exact) mass is 362 g/mol. The van der Waals surface area contributed by atoms with Crippen LogP contribution >= 0.6 is 9.47 Å². The molecule has 0 spiro atoms. The van der Waals surface area contributed by atoms with Gasteiger partial charge in [0.2, 0.25) is 0 Å². The van der Waals surface area contributed by atoms with Crippen molar-refractivity contribution in [2.24, 2.45) is 0 Å². The first-order chi connectivity index (χ1) is 12.3. The quantitative estimate of drug-likeness (QED) is 0.200. The van der Waals surface area contributed by atoms with Gasteiger partial charge < -0.3 is 9.26 Å². The van der Waals surface area contributed by atoms with Crippen LogP contribution in [0.4, 0.5) is 0 Å². The predicted octanol–water partition coefficient (Wildman–Crippen LogP) is 6.48. The standard InChI is InChI=1S/C22H35O2P/c1-3-5-7-8-9-10-11-12-13-14-15-17-19-21(24-25)22-20(23-22)18-16-6-4-2/h6-8,10-11,13-14,16-17,19-22H,3-5,9,12,15,18,25H2,1-2H3. The fraction of sp³-hybridized carbons (Fsp3) is 0.545. The summed E-state index contributed by atoms with van der Waals surface area (Å²) in [7, 11) is 2.36. The van der Waals surface area contributed by atoms with Crippen LogP contribution in [0.1, 0.15) is 58.8 Å². The van der Waals surface area contributed by atoms with Crippen molar-refractivity contribution in [1.29, 1.82) is 0 Å². The summed E-state index contributed by atoms with van der Waals surface area (Å²) in [6, 6.07) is 0. The van der Waals surface area contributed by atoms with Crippen molar-refractivity contribution >= 4 is 9.47 Å². The lowest BCUT2D eigenvalue weighted by molar-refractivity contribution is 0.228. The second-order valence-corrected chi connectivity index (χ2v) is 6.47. The predicted molar refractivity (Wildman–Crippen MR) is 113 cm³/mol. The lowest BCUT2D eigenvalue weighted by Crippen LogP contribution is -2.14. The second-order valence-electron chi connectivity index (χ2n) is 6.19. The van der Waals surface area contributed by atoms with Gasteiger partial charge in [0.1, 0.15) is 12.2 Å². The Balaban J connectivity index is 2.13. The van der Waals surface area contributed by atoms with Gasteiger partial charge in [-0.05, 0) is 38.5 Å². The van der Waals surface area contributed by atoms with Gasteiger partial charge in [0.05, 0.1) is 6.10 Å². The van der Waals surface area contributed by atoms with E-state index in [-0.39, 0.29) is 12.2 Å². The first kappa shape index (κ1) is 22.1. The van der Waals surface area contributed by atoms with Gasteiger partial charge in [0.25, 0.3) is 0 Å². The molecule has 0 aromatic heterocycles. The molecule has 0 saturated carbocycles. The van der Waals surface area contributed by atoms with E-state index in [1.807, 2.05) is 0 Å². The molecule has 3 heteroatoms. The van der Waals surface area contributed by atoms with Gasteiger partial charge in [-0.3, -0.25) is 0 Å². The molecule has 0 bridgehead atoms. The highest BCUT2D eigenvalue weighted by Gasteiger charge is 2.43. The van der Waals surface area contributed by atoms with Gasteiger partial charge in [-0.15, -0.1) is 0 Å². The molecule has 0 aliphatic carbocycles. The lowest BCUT2D eigenvalue weighted by Gasteiger charge is -2.06. The minimum atomic E-state index is 0.0354. The molecule has 1 aliphatic rings. The van der Waals surface area contributed by atoms with Crippen LogP contribution in [0.2, 0.25) is 0 Å². The fourth-order valence-corrected chi connectivity index (χ4v) is 2.72. The Morgan fingerprint density at radius 1 is 0.880 bits per heavy atom. The minimum Gasteiger partial charge on any atom is -0.366 e. The van der Waals surface area contributed by atoms with Crippen LogP contribution in [0.5, 0.6) is 0 Å². The first-order valence-corrected chi connectivity index (χ1v) is 10.1. The largest absolute Gasteiger partial charge is 0.366 e. The fourth-order valence-electron chi connectivity index (χ4n) is 2.48. The average molecular weight is 362 g/mol. The van der Waals surface area contributed by atoms with E-state index in [4.69, 9.17) is 9.26 Å². The molecule has 140 valence electrons. The Bertz CT molecular complexity index is 463. The van der Waals surface area contributed by atoms with E-state index in [0.29, 0.717) is 6.10 Å². The van der Waals surface area contributed by atoms with Crippen molar-refractivity contribution in [3.05, 3.63) is 60.8 Å². The van der Waals surface area contributed by atoms with Gasteiger partial charge in [-0.25, -0.2) is 0 Å². The third-order valence-corrected chi connectivity index (χ3v) is 4.29. The second kappa shape index (κ2) is 15.3. The van der Waals surface area contributed by atoms with Crippen molar-refractivity contribution in [2.75, 3.05) is 0 Å².